The van der Waals surface area contributed by atoms with Crippen LogP contribution in [0.2, 0.25) is 0 Å². The predicted molar refractivity (Wildman–Crippen MR) is 74.9 cm³/mol. The number of hydrogen-bond donors (Lipinski definition) is 1. The molecule has 2 aliphatic rings. The lowest BCUT2D eigenvalue weighted by atomic mass is 10.1. The zero-order chi connectivity index (χ0) is 13.7. The Balaban J connectivity index is 1.70. The fraction of sp³-hybridized carbons (Fsp3) is 0.929. The van der Waals surface area contributed by atoms with Crippen LogP contribution in [0.1, 0.15) is 32.6 Å². The molecule has 0 radical (unpaired) electrons. The van der Waals surface area contributed by atoms with E-state index in [0.717, 1.165) is 52.2 Å². The minimum absolute atomic E-state index is 0.124. The SMILES string of the molecule is CCC[C@H](N)C(=O)N1CCN(CC2CCCO2)CC1. The maximum atomic E-state index is 12.1. The van der Waals surface area contributed by atoms with Gasteiger partial charge in [0.2, 0.25) is 5.91 Å². The van der Waals surface area contributed by atoms with Gasteiger partial charge in [0.1, 0.15) is 0 Å². The molecular weight excluding hydrogens is 242 g/mol. The van der Waals surface area contributed by atoms with Gasteiger partial charge in [-0.3, -0.25) is 9.69 Å². The summed E-state index contributed by atoms with van der Waals surface area (Å²) in [6, 6.07) is -0.310. The molecule has 2 saturated heterocycles. The van der Waals surface area contributed by atoms with Crippen LogP contribution in [0.15, 0.2) is 0 Å². The van der Waals surface area contributed by atoms with E-state index < -0.39 is 0 Å². The third kappa shape index (κ3) is 4.16. The molecule has 1 amide bonds. The van der Waals surface area contributed by atoms with Gasteiger partial charge in [0.15, 0.2) is 0 Å². The molecule has 0 bridgehead atoms. The molecule has 2 heterocycles. The highest BCUT2D eigenvalue weighted by Gasteiger charge is 2.26. The van der Waals surface area contributed by atoms with Crippen molar-refractivity contribution >= 4 is 5.91 Å². The molecule has 110 valence electrons. The van der Waals surface area contributed by atoms with Crippen molar-refractivity contribution in [2.45, 2.75) is 44.8 Å². The van der Waals surface area contributed by atoms with E-state index in [9.17, 15) is 4.79 Å². The quantitative estimate of drug-likeness (QED) is 0.786. The summed E-state index contributed by atoms with van der Waals surface area (Å²) in [5, 5.41) is 0. The highest BCUT2D eigenvalue weighted by molar-refractivity contribution is 5.81. The number of nitrogens with zero attached hydrogens (tertiary/aromatic N) is 2. The minimum atomic E-state index is -0.310. The molecule has 0 aromatic rings. The number of piperazine rings is 1. The van der Waals surface area contributed by atoms with E-state index in [1.54, 1.807) is 0 Å². The summed E-state index contributed by atoms with van der Waals surface area (Å²) in [4.78, 5) is 16.4. The van der Waals surface area contributed by atoms with E-state index >= 15 is 0 Å². The van der Waals surface area contributed by atoms with Crippen molar-refractivity contribution in [2.24, 2.45) is 5.73 Å². The van der Waals surface area contributed by atoms with E-state index in [1.165, 1.54) is 12.8 Å². The van der Waals surface area contributed by atoms with Crippen molar-refractivity contribution < 1.29 is 9.53 Å². The summed E-state index contributed by atoms with van der Waals surface area (Å²) in [5.41, 5.74) is 5.90. The molecule has 0 saturated carbocycles. The number of rotatable bonds is 5. The molecule has 5 nitrogen and oxygen atoms in total. The summed E-state index contributed by atoms with van der Waals surface area (Å²) >= 11 is 0. The van der Waals surface area contributed by atoms with Crippen LogP contribution < -0.4 is 5.73 Å². The molecule has 0 aliphatic carbocycles. The molecule has 2 N–H and O–H groups in total. The first kappa shape index (κ1) is 14.8. The zero-order valence-corrected chi connectivity index (χ0v) is 12.0. The minimum Gasteiger partial charge on any atom is -0.377 e. The number of ether oxygens (including phenoxy) is 1. The topological polar surface area (TPSA) is 58.8 Å². The Kier molecular flexibility index (Phi) is 5.60. The van der Waals surface area contributed by atoms with Gasteiger partial charge in [0, 0.05) is 39.3 Å². The van der Waals surface area contributed by atoms with Crippen molar-refractivity contribution in [3.8, 4) is 0 Å². The second-order valence-corrected chi connectivity index (χ2v) is 5.66. The molecule has 2 aliphatic heterocycles. The lowest BCUT2D eigenvalue weighted by molar-refractivity contribution is -0.134. The third-order valence-corrected chi connectivity index (χ3v) is 4.09. The Morgan fingerprint density at radius 3 is 2.68 bits per heavy atom. The van der Waals surface area contributed by atoms with Gasteiger partial charge >= 0.3 is 0 Å². The Hall–Kier alpha value is -0.650. The van der Waals surface area contributed by atoms with Crippen molar-refractivity contribution in [2.75, 3.05) is 39.3 Å². The summed E-state index contributed by atoms with van der Waals surface area (Å²) < 4.78 is 5.66. The number of carbonyl (C=O) groups excluding carboxylic acids is 1. The Morgan fingerprint density at radius 2 is 2.11 bits per heavy atom. The van der Waals surface area contributed by atoms with Crippen LogP contribution in [0.4, 0.5) is 0 Å². The van der Waals surface area contributed by atoms with Crippen molar-refractivity contribution in [1.82, 2.24) is 9.80 Å². The highest BCUT2D eigenvalue weighted by Crippen LogP contribution is 2.14. The molecule has 1 unspecified atom stereocenters. The molecule has 2 rings (SSSR count). The van der Waals surface area contributed by atoms with Crippen LogP contribution in [0.5, 0.6) is 0 Å². The molecule has 5 heteroatoms. The first-order chi connectivity index (χ1) is 9.20. The van der Waals surface area contributed by atoms with E-state index in [1.807, 2.05) is 4.90 Å². The lowest BCUT2D eigenvalue weighted by Crippen LogP contribution is -2.54. The third-order valence-electron chi connectivity index (χ3n) is 4.09. The normalized spacial score (nSPS) is 26.6. The van der Waals surface area contributed by atoms with Gasteiger partial charge in [-0.1, -0.05) is 13.3 Å². The van der Waals surface area contributed by atoms with Gasteiger partial charge in [-0.25, -0.2) is 0 Å². The standard InChI is InChI=1S/C14H27N3O2/c1-2-4-13(15)14(18)17-8-6-16(7-9-17)11-12-5-3-10-19-12/h12-13H,2-11,15H2,1H3/t12?,13-/m0/s1. The lowest BCUT2D eigenvalue weighted by Gasteiger charge is -2.36. The summed E-state index contributed by atoms with van der Waals surface area (Å²) in [7, 11) is 0. The van der Waals surface area contributed by atoms with Crippen LogP contribution in [-0.2, 0) is 9.53 Å². The number of amides is 1. The molecule has 2 atom stereocenters. The van der Waals surface area contributed by atoms with Crippen molar-refractivity contribution in [3.05, 3.63) is 0 Å². The molecule has 19 heavy (non-hydrogen) atoms. The average Bonchev–Trinajstić information content (AvgIpc) is 2.92. The van der Waals surface area contributed by atoms with Gasteiger partial charge < -0.3 is 15.4 Å². The fourth-order valence-corrected chi connectivity index (χ4v) is 2.90. The van der Waals surface area contributed by atoms with Gasteiger partial charge in [0.25, 0.3) is 0 Å². The number of nitrogens with two attached hydrogens (primary N) is 1. The second kappa shape index (κ2) is 7.22. The molecule has 2 fully saturated rings. The largest absolute Gasteiger partial charge is 0.377 e. The van der Waals surface area contributed by atoms with Crippen LogP contribution in [0, 0.1) is 0 Å². The summed E-state index contributed by atoms with van der Waals surface area (Å²) in [6.45, 7) is 7.51. The molecule has 0 aromatic carbocycles. The summed E-state index contributed by atoms with van der Waals surface area (Å²) in [6.07, 6.45) is 4.53. The number of hydrogen-bond acceptors (Lipinski definition) is 4. The van der Waals surface area contributed by atoms with E-state index in [0.29, 0.717) is 6.10 Å². The monoisotopic (exact) mass is 269 g/mol. The number of carbonyl (C=O) groups is 1. The van der Waals surface area contributed by atoms with Gasteiger partial charge in [0.05, 0.1) is 12.1 Å². The van der Waals surface area contributed by atoms with Crippen molar-refractivity contribution in [1.29, 1.82) is 0 Å². The Morgan fingerprint density at radius 1 is 1.37 bits per heavy atom. The molecular formula is C14H27N3O2. The van der Waals surface area contributed by atoms with Gasteiger partial charge in [-0.2, -0.15) is 0 Å². The van der Waals surface area contributed by atoms with Crippen LogP contribution in [0.3, 0.4) is 0 Å². The Labute approximate surface area is 116 Å². The van der Waals surface area contributed by atoms with Crippen LogP contribution in [-0.4, -0.2) is 67.2 Å². The second-order valence-electron chi connectivity index (χ2n) is 5.66. The van der Waals surface area contributed by atoms with Crippen LogP contribution in [0.25, 0.3) is 0 Å². The first-order valence-electron chi connectivity index (χ1n) is 7.59. The van der Waals surface area contributed by atoms with Crippen molar-refractivity contribution in [3.63, 3.8) is 0 Å². The first-order valence-corrected chi connectivity index (χ1v) is 7.59. The van der Waals surface area contributed by atoms with Gasteiger partial charge in [-0.15, -0.1) is 0 Å². The predicted octanol–water partition coefficient (Wildman–Crippen LogP) is 0.437. The molecule has 0 spiro atoms. The van der Waals surface area contributed by atoms with E-state index in [2.05, 4.69) is 11.8 Å². The highest BCUT2D eigenvalue weighted by atomic mass is 16.5. The van der Waals surface area contributed by atoms with E-state index in [-0.39, 0.29) is 11.9 Å². The zero-order valence-electron chi connectivity index (χ0n) is 12.0. The van der Waals surface area contributed by atoms with Gasteiger partial charge in [-0.05, 0) is 19.3 Å². The summed E-state index contributed by atoms with van der Waals surface area (Å²) in [5.74, 6) is 0.124. The molecule has 0 aromatic heterocycles. The average molecular weight is 269 g/mol. The fourth-order valence-electron chi connectivity index (χ4n) is 2.90. The Bertz CT molecular complexity index is 284. The van der Waals surface area contributed by atoms with Crippen LogP contribution >= 0.6 is 0 Å². The van der Waals surface area contributed by atoms with E-state index in [4.69, 9.17) is 10.5 Å². The maximum absolute atomic E-state index is 12.1. The smallest absolute Gasteiger partial charge is 0.239 e. The maximum Gasteiger partial charge on any atom is 0.239 e.